The molecule has 28 heavy (non-hydrogen) atoms. The van der Waals surface area contributed by atoms with Crippen molar-refractivity contribution in [3.05, 3.63) is 64.4 Å². The Morgan fingerprint density at radius 3 is 2.75 bits per heavy atom. The summed E-state index contributed by atoms with van der Waals surface area (Å²) in [6.07, 6.45) is 0. The molecule has 0 bridgehead atoms. The number of thioether (sulfide) groups is 1. The van der Waals surface area contributed by atoms with Gasteiger partial charge in [-0.15, -0.1) is 11.8 Å². The van der Waals surface area contributed by atoms with Crippen LogP contribution in [0.15, 0.2) is 42.5 Å². The van der Waals surface area contributed by atoms with Crippen LogP contribution in [0.25, 0.3) is 0 Å². The molecule has 1 N–H and O–H groups in total. The molecule has 2 heterocycles. The van der Waals surface area contributed by atoms with Gasteiger partial charge in [0, 0.05) is 29.4 Å². The van der Waals surface area contributed by atoms with Gasteiger partial charge in [-0.25, -0.2) is 9.18 Å². The number of hydrogen-bond donors (Lipinski definition) is 1. The molecule has 2 aromatic carbocycles. The summed E-state index contributed by atoms with van der Waals surface area (Å²) < 4.78 is 13.3. The highest BCUT2D eigenvalue weighted by atomic mass is 35.5. The molecule has 4 rings (SSSR count). The van der Waals surface area contributed by atoms with Crippen LogP contribution in [0.4, 0.5) is 14.9 Å². The number of benzene rings is 2. The Kier molecular flexibility index (Phi) is 4.97. The number of urea groups is 1. The van der Waals surface area contributed by atoms with Crippen molar-refractivity contribution in [3.8, 4) is 0 Å². The van der Waals surface area contributed by atoms with Crippen LogP contribution in [0.3, 0.4) is 0 Å². The summed E-state index contributed by atoms with van der Waals surface area (Å²) in [7, 11) is 0. The summed E-state index contributed by atoms with van der Waals surface area (Å²) in [4.78, 5) is 28.5. The Balaban J connectivity index is 1.79. The zero-order chi connectivity index (χ0) is 19.9. The first-order valence-corrected chi connectivity index (χ1v) is 10.4. The fourth-order valence-electron chi connectivity index (χ4n) is 3.76. The Labute approximate surface area is 171 Å². The van der Waals surface area contributed by atoms with E-state index < -0.39 is 4.87 Å². The maximum absolute atomic E-state index is 13.7. The van der Waals surface area contributed by atoms with Gasteiger partial charge in [-0.1, -0.05) is 23.7 Å². The van der Waals surface area contributed by atoms with Crippen molar-refractivity contribution in [3.63, 3.8) is 0 Å². The van der Waals surface area contributed by atoms with Crippen molar-refractivity contribution < 1.29 is 14.0 Å². The second kappa shape index (κ2) is 7.29. The number of carbonyl (C=O) groups excluding carboxylic acids is 2. The molecular weight excluding hydrogens is 401 g/mol. The lowest BCUT2D eigenvalue weighted by Crippen LogP contribution is -2.53. The summed E-state index contributed by atoms with van der Waals surface area (Å²) >= 11 is 7.69. The number of nitrogens with zero attached hydrogens (tertiary/aromatic N) is 2. The highest BCUT2D eigenvalue weighted by Crippen LogP contribution is 2.54. The normalized spacial score (nSPS) is 20.8. The van der Waals surface area contributed by atoms with E-state index in [4.69, 9.17) is 11.6 Å². The highest BCUT2D eigenvalue weighted by molar-refractivity contribution is 8.01. The molecule has 146 valence electrons. The van der Waals surface area contributed by atoms with Crippen LogP contribution >= 0.6 is 23.4 Å². The van der Waals surface area contributed by atoms with Crippen LogP contribution in [-0.4, -0.2) is 35.7 Å². The molecule has 1 fully saturated rings. The Bertz CT molecular complexity index is 940. The number of carbonyl (C=O) groups is 2. The van der Waals surface area contributed by atoms with Gasteiger partial charge in [0.15, 0.2) is 4.87 Å². The molecule has 1 spiro atoms. The minimum atomic E-state index is -1.13. The monoisotopic (exact) mass is 419 g/mol. The lowest BCUT2D eigenvalue weighted by Gasteiger charge is -2.33. The van der Waals surface area contributed by atoms with Crippen LogP contribution in [-0.2, 0) is 16.2 Å². The maximum atomic E-state index is 13.7. The second-order valence-corrected chi connectivity index (χ2v) is 8.38. The van der Waals surface area contributed by atoms with Gasteiger partial charge in [0.25, 0.3) is 5.91 Å². The number of nitrogens with one attached hydrogen (secondary N) is 1. The van der Waals surface area contributed by atoms with Gasteiger partial charge in [0.2, 0.25) is 0 Å². The molecule has 2 aromatic rings. The number of anilines is 1. The van der Waals surface area contributed by atoms with Crippen molar-refractivity contribution in [2.45, 2.75) is 18.3 Å². The molecule has 1 saturated heterocycles. The van der Waals surface area contributed by atoms with Crippen molar-refractivity contribution in [2.75, 3.05) is 23.7 Å². The molecule has 2 aliphatic rings. The number of rotatable bonds is 3. The zero-order valence-electron chi connectivity index (χ0n) is 15.2. The van der Waals surface area contributed by atoms with Crippen molar-refractivity contribution in [2.24, 2.45) is 0 Å². The quantitative estimate of drug-likeness (QED) is 0.819. The topological polar surface area (TPSA) is 52.7 Å². The summed E-state index contributed by atoms with van der Waals surface area (Å²) in [5, 5.41) is 3.32. The summed E-state index contributed by atoms with van der Waals surface area (Å²) in [6, 6.07) is 11.1. The van der Waals surface area contributed by atoms with Gasteiger partial charge in [0.1, 0.15) is 5.82 Å². The van der Waals surface area contributed by atoms with E-state index in [1.807, 2.05) is 13.0 Å². The molecule has 0 radical (unpaired) electrons. The van der Waals surface area contributed by atoms with E-state index >= 15 is 0 Å². The predicted molar refractivity (Wildman–Crippen MR) is 109 cm³/mol. The first kappa shape index (κ1) is 19.1. The molecular formula is C20H19ClFN3O2S. The third kappa shape index (κ3) is 2.93. The van der Waals surface area contributed by atoms with E-state index in [0.717, 1.165) is 16.8 Å². The van der Waals surface area contributed by atoms with Crippen molar-refractivity contribution in [1.82, 2.24) is 10.2 Å². The van der Waals surface area contributed by atoms with E-state index in [-0.39, 0.29) is 17.8 Å². The van der Waals surface area contributed by atoms with E-state index in [1.165, 1.54) is 23.9 Å². The summed E-state index contributed by atoms with van der Waals surface area (Å²) in [5.41, 5.74) is 2.25. The smallest absolute Gasteiger partial charge is 0.319 e. The Morgan fingerprint density at radius 1 is 1.29 bits per heavy atom. The molecule has 0 saturated carbocycles. The lowest BCUT2D eigenvalue weighted by molar-refractivity contribution is -0.123. The summed E-state index contributed by atoms with van der Waals surface area (Å²) in [6.45, 7) is 3.08. The lowest BCUT2D eigenvalue weighted by atomic mass is 10.1. The highest BCUT2D eigenvalue weighted by Gasteiger charge is 2.59. The standard InChI is InChI=1S/C20H19ClFN3O2S/c1-2-23-19(27)25-9-10-28-20(25)16-11-14(21)5-8-17(16)24(18(20)26)12-13-3-6-15(22)7-4-13/h3-8,11H,2,9-10,12H2,1H3,(H,23,27). The minimum Gasteiger partial charge on any atom is -0.338 e. The van der Waals surface area contributed by atoms with Gasteiger partial charge < -0.3 is 10.2 Å². The Hall–Kier alpha value is -2.25. The van der Waals surface area contributed by atoms with E-state index in [9.17, 15) is 14.0 Å². The van der Waals surface area contributed by atoms with Gasteiger partial charge in [-0.05, 0) is 42.8 Å². The molecule has 0 aromatic heterocycles. The van der Waals surface area contributed by atoms with Crippen molar-refractivity contribution in [1.29, 1.82) is 0 Å². The molecule has 0 aliphatic carbocycles. The minimum absolute atomic E-state index is 0.178. The molecule has 2 aliphatic heterocycles. The van der Waals surface area contributed by atoms with Gasteiger partial charge >= 0.3 is 6.03 Å². The van der Waals surface area contributed by atoms with Crippen LogP contribution in [0, 0.1) is 5.82 Å². The second-order valence-electron chi connectivity index (χ2n) is 6.66. The first-order valence-electron chi connectivity index (χ1n) is 9.03. The average molecular weight is 420 g/mol. The molecule has 8 heteroatoms. The van der Waals surface area contributed by atoms with Crippen LogP contribution in [0.5, 0.6) is 0 Å². The summed E-state index contributed by atoms with van der Waals surface area (Å²) in [5.74, 6) is 0.149. The molecule has 1 atom stereocenters. The number of fused-ring (bicyclic) bond motifs is 2. The third-order valence-electron chi connectivity index (χ3n) is 4.98. The fourth-order valence-corrected chi connectivity index (χ4v) is 5.39. The van der Waals surface area contributed by atoms with Crippen LogP contribution < -0.4 is 10.2 Å². The zero-order valence-corrected chi connectivity index (χ0v) is 16.8. The van der Waals surface area contributed by atoms with Crippen molar-refractivity contribution >= 4 is 41.0 Å². The Morgan fingerprint density at radius 2 is 2.04 bits per heavy atom. The van der Waals surface area contributed by atoms with Gasteiger partial charge in [-0.2, -0.15) is 0 Å². The number of amides is 3. The largest absolute Gasteiger partial charge is 0.338 e. The first-order chi connectivity index (χ1) is 13.5. The van der Waals surface area contributed by atoms with E-state index in [2.05, 4.69) is 5.32 Å². The molecule has 5 nitrogen and oxygen atoms in total. The predicted octanol–water partition coefficient (Wildman–Crippen LogP) is 3.96. The van der Waals surface area contributed by atoms with Gasteiger partial charge in [-0.3, -0.25) is 9.69 Å². The molecule has 1 unspecified atom stereocenters. The van der Waals surface area contributed by atoms with E-state index in [0.29, 0.717) is 30.4 Å². The SMILES string of the molecule is CCNC(=O)N1CCSC12C(=O)N(Cc1ccc(F)cc1)c1ccc(Cl)cc12. The van der Waals surface area contributed by atoms with Crippen LogP contribution in [0.2, 0.25) is 5.02 Å². The number of hydrogen-bond acceptors (Lipinski definition) is 3. The average Bonchev–Trinajstić information content (AvgIpc) is 3.21. The van der Waals surface area contributed by atoms with Gasteiger partial charge in [0.05, 0.1) is 12.2 Å². The third-order valence-corrected chi connectivity index (χ3v) is 6.64. The van der Waals surface area contributed by atoms with Crippen LogP contribution in [0.1, 0.15) is 18.1 Å². The molecule has 3 amide bonds. The maximum Gasteiger partial charge on any atom is 0.319 e. The number of halogens is 2. The fraction of sp³-hybridized carbons (Fsp3) is 0.300. The van der Waals surface area contributed by atoms with E-state index in [1.54, 1.807) is 34.1 Å².